The summed E-state index contributed by atoms with van der Waals surface area (Å²) in [5.41, 5.74) is 0.449. The topological polar surface area (TPSA) is 49.3 Å². The van der Waals surface area contributed by atoms with Crippen LogP contribution in [-0.4, -0.2) is 29.1 Å². The van der Waals surface area contributed by atoms with Gasteiger partial charge in [-0.1, -0.05) is 6.07 Å². The van der Waals surface area contributed by atoms with Gasteiger partial charge in [-0.15, -0.1) is 11.8 Å². The normalized spacial score (nSPS) is 10.0. The van der Waals surface area contributed by atoms with E-state index in [2.05, 4.69) is 5.32 Å². The summed E-state index contributed by atoms with van der Waals surface area (Å²) in [4.78, 5) is 11.3. The zero-order chi connectivity index (χ0) is 11.1. The number of thioether (sulfide) groups is 1. The highest BCUT2D eigenvalue weighted by molar-refractivity contribution is 7.99. The SMILES string of the molecule is O=C(CSCCO)Nc1cccc(F)c1. The van der Waals surface area contributed by atoms with Crippen LogP contribution in [0.25, 0.3) is 0 Å². The molecule has 0 aliphatic heterocycles. The Labute approximate surface area is 91.7 Å². The smallest absolute Gasteiger partial charge is 0.234 e. The highest BCUT2D eigenvalue weighted by atomic mass is 32.2. The third-order valence-electron chi connectivity index (χ3n) is 1.58. The molecule has 2 N–H and O–H groups in total. The van der Waals surface area contributed by atoms with Crippen molar-refractivity contribution in [3.05, 3.63) is 30.1 Å². The molecule has 5 heteroatoms. The molecule has 0 aliphatic rings. The molecule has 0 spiro atoms. The van der Waals surface area contributed by atoms with Crippen molar-refractivity contribution < 1.29 is 14.3 Å². The molecule has 0 saturated heterocycles. The number of aliphatic hydroxyl groups is 1. The molecular formula is C10H12FNO2S. The van der Waals surface area contributed by atoms with E-state index in [1.165, 1.54) is 30.0 Å². The first kappa shape index (κ1) is 12.0. The molecule has 0 aliphatic carbocycles. The van der Waals surface area contributed by atoms with Crippen molar-refractivity contribution in [1.82, 2.24) is 0 Å². The Bertz CT molecular complexity index is 333. The Morgan fingerprint density at radius 1 is 1.53 bits per heavy atom. The van der Waals surface area contributed by atoms with Crippen molar-refractivity contribution in [3.8, 4) is 0 Å². The minimum atomic E-state index is -0.379. The first-order valence-electron chi connectivity index (χ1n) is 4.46. The predicted molar refractivity (Wildman–Crippen MR) is 59.4 cm³/mol. The van der Waals surface area contributed by atoms with Crippen molar-refractivity contribution >= 4 is 23.4 Å². The largest absolute Gasteiger partial charge is 0.396 e. The van der Waals surface area contributed by atoms with Gasteiger partial charge in [-0.2, -0.15) is 0 Å². The average Bonchev–Trinajstić information content (AvgIpc) is 2.18. The van der Waals surface area contributed by atoms with E-state index < -0.39 is 0 Å². The van der Waals surface area contributed by atoms with Gasteiger partial charge in [0.1, 0.15) is 5.82 Å². The molecule has 0 bridgehead atoms. The van der Waals surface area contributed by atoms with Crippen LogP contribution in [-0.2, 0) is 4.79 Å². The standard InChI is InChI=1S/C10H12FNO2S/c11-8-2-1-3-9(6-8)12-10(14)7-15-5-4-13/h1-3,6,13H,4-5,7H2,(H,12,14). The lowest BCUT2D eigenvalue weighted by Gasteiger charge is -2.04. The fourth-order valence-electron chi connectivity index (χ4n) is 0.993. The number of carbonyl (C=O) groups is 1. The fourth-order valence-corrected chi connectivity index (χ4v) is 1.52. The maximum atomic E-state index is 12.7. The van der Waals surface area contributed by atoms with Crippen LogP contribution >= 0.6 is 11.8 Å². The molecule has 82 valence electrons. The highest BCUT2D eigenvalue weighted by Crippen LogP contribution is 2.09. The summed E-state index contributed by atoms with van der Waals surface area (Å²) in [6.07, 6.45) is 0. The fraction of sp³-hybridized carbons (Fsp3) is 0.300. The minimum Gasteiger partial charge on any atom is -0.396 e. The zero-order valence-electron chi connectivity index (χ0n) is 8.07. The van der Waals surface area contributed by atoms with Crippen molar-refractivity contribution in [2.45, 2.75) is 0 Å². The molecule has 1 rings (SSSR count). The molecular weight excluding hydrogens is 217 g/mol. The number of rotatable bonds is 5. The summed E-state index contributed by atoms with van der Waals surface area (Å²) in [5, 5.41) is 11.1. The second kappa shape index (κ2) is 6.42. The monoisotopic (exact) mass is 229 g/mol. The molecule has 0 radical (unpaired) electrons. The van der Waals surface area contributed by atoms with Crippen molar-refractivity contribution in [1.29, 1.82) is 0 Å². The maximum Gasteiger partial charge on any atom is 0.234 e. The van der Waals surface area contributed by atoms with Crippen LogP contribution in [0.2, 0.25) is 0 Å². The number of carbonyl (C=O) groups excluding carboxylic acids is 1. The van der Waals surface area contributed by atoms with Gasteiger partial charge in [0.2, 0.25) is 5.91 Å². The van der Waals surface area contributed by atoms with Gasteiger partial charge in [-0.05, 0) is 18.2 Å². The van der Waals surface area contributed by atoms with Crippen LogP contribution in [0.3, 0.4) is 0 Å². The third-order valence-corrected chi connectivity index (χ3v) is 2.51. The summed E-state index contributed by atoms with van der Waals surface area (Å²) in [7, 11) is 0. The molecule has 0 saturated carbocycles. The number of aliphatic hydroxyl groups excluding tert-OH is 1. The van der Waals surface area contributed by atoms with Crippen LogP contribution in [0, 0.1) is 5.82 Å². The van der Waals surface area contributed by atoms with E-state index in [1.54, 1.807) is 6.07 Å². The van der Waals surface area contributed by atoms with Gasteiger partial charge < -0.3 is 10.4 Å². The number of hydrogen-bond donors (Lipinski definition) is 2. The molecule has 0 aromatic heterocycles. The van der Waals surface area contributed by atoms with Crippen LogP contribution in [0.4, 0.5) is 10.1 Å². The van der Waals surface area contributed by atoms with Gasteiger partial charge >= 0.3 is 0 Å². The summed E-state index contributed by atoms with van der Waals surface area (Å²) in [6, 6.07) is 5.73. The quantitative estimate of drug-likeness (QED) is 0.752. The van der Waals surface area contributed by atoms with Gasteiger partial charge in [0.15, 0.2) is 0 Å². The molecule has 1 amide bonds. The van der Waals surface area contributed by atoms with Gasteiger partial charge in [-0.3, -0.25) is 4.79 Å². The Balaban J connectivity index is 2.37. The van der Waals surface area contributed by atoms with Crippen LogP contribution in [0.5, 0.6) is 0 Å². The number of benzene rings is 1. The van der Waals surface area contributed by atoms with E-state index in [4.69, 9.17) is 5.11 Å². The van der Waals surface area contributed by atoms with E-state index in [-0.39, 0.29) is 24.1 Å². The molecule has 15 heavy (non-hydrogen) atoms. The summed E-state index contributed by atoms with van der Waals surface area (Å²) in [6.45, 7) is 0.0535. The number of nitrogens with one attached hydrogen (secondary N) is 1. The summed E-state index contributed by atoms with van der Waals surface area (Å²) in [5.74, 6) is 0.211. The molecule has 3 nitrogen and oxygen atoms in total. The Morgan fingerprint density at radius 3 is 3.00 bits per heavy atom. The number of halogens is 1. The lowest BCUT2D eigenvalue weighted by molar-refractivity contribution is -0.113. The predicted octanol–water partition coefficient (Wildman–Crippen LogP) is 1.49. The summed E-state index contributed by atoms with van der Waals surface area (Å²) >= 11 is 1.33. The van der Waals surface area contributed by atoms with E-state index >= 15 is 0 Å². The Morgan fingerprint density at radius 2 is 2.33 bits per heavy atom. The average molecular weight is 229 g/mol. The first-order chi connectivity index (χ1) is 7.22. The van der Waals surface area contributed by atoms with Crippen molar-refractivity contribution in [2.75, 3.05) is 23.4 Å². The highest BCUT2D eigenvalue weighted by Gasteiger charge is 2.02. The van der Waals surface area contributed by atoms with Crippen LogP contribution < -0.4 is 5.32 Å². The van der Waals surface area contributed by atoms with Gasteiger partial charge in [0.05, 0.1) is 12.4 Å². The van der Waals surface area contributed by atoms with Crippen LogP contribution in [0.15, 0.2) is 24.3 Å². The number of anilines is 1. The molecule has 1 aromatic carbocycles. The zero-order valence-corrected chi connectivity index (χ0v) is 8.89. The molecule has 1 aromatic rings. The Kier molecular flexibility index (Phi) is 5.14. The third kappa shape index (κ3) is 4.80. The lowest BCUT2D eigenvalue weighted by Crippen LogP contribution is -2.14. The van der Waals surface area contributed by atoms with E-state index in [1.807, 2.05) is 0 Å². The van der Waals surface area contributed by atoms with Gasteiger partial charge in [-0.25, -0.2) is 4.39 Å². The molecule has 0 fully saturated rings. The van der Waals surface area contributed by atoms with E-state index in [9.17, 15) is 9.18 Å². The summed E-state index contributed by atoms with van der Waals surface area (Å²) < 4.78 is 12.7. The molecule has 0 heterocycles. The second-order valence-electron chi connectivity index (χ2n) is 2.83. The van der Waals surface area contributed by atoms with Gasteiger partial charge in [0, 0.05) is 11.4 Å². The number of hydrogen-bond acceptors (Lipinski definition) is 3. The maximum absolute atomic E-state index is 12.7. The van der Waals surface area contributed by atoms with Gasteiger partial charge in [0.25, 0.3) is 0 Å². The van der Waals surface area contributed by atoms with Crippen molar-refractivity contribution in [3.63, 3.8) is 0 Å². The lowest BCUT2D eigenvalue weighted by atomic mass is 10.3. The molecule has 0 unspecified atom stereocenters. The first-order valence-corrected chi connectivity index (χ1v) is 5.62. The van der Waals surface area contributed by atoms with E-state index in [0.717, 1.165) is 0 Å². The van der Waals surface area contributed by atoms with Crippen molar-refractivity contribution in [2.24, 2.45) is 0 Å². The number of amides is 1. The Hall–Kier alpha value is -1.07. The minimum absolute atomic E-state index is 0.0535. The second-order valence-corrected chi connectivity index (χ2v) is 3.94. The van der Waals surface area contributed by atoms with Crippen LogP contribution in [0.1, 0.15) is 0 Å². The molecule has 0 atom stereocenters. The van der Waals surface area contributed by atoms with E-state index in [0.29, 0.717) is 11.4 Å².